The maximum atomic E-state index is 12.3. The quantitative estimate of drug-likeness (QED) is 0.768. The minimum atomic E-state index is -0.790. The zero-order chi connectivity index (χ0) is 20.7. The van der Waals surface area contributed by atoms with E-state index in [1.165, 1.54) is 0 Å². The van der Waals surface area contributed by atoms with Gasteiger partial charge in [-0.2, -0.15) is 0 Å². The Labute approximate surface area is 167 Å². The molecule has 0 aliphatic carbocycles. The van der Waals surface area contributed by atoms with Crippen LogP contribution < -0.4 is 4.74 Å². The Hall–Kier alpha value is -2.28. The van der Waals surface area contributed by atoms with Gasteiger partial charge in [0, 0.05) is 38.6 Å². The van der Waals surface area contributed by atoms with Crippen molar-refractivity contribution in [2.75, 3.05) is 32.8 Å². The number of piperazine rings is 1. The third-order valence-corrected chi connectivity index (χ3v) is 4.57. The van der Waals surface area contributed by atoms with E-state index in [9.17, 15) is 9.59 Å². The molecule has 1 aliphatic heterocycles. The highest BCUT2D eigenvalue weighted by Crippen LogP contribution is 2.16. The summed E-state index contributed by atoms with van der Waals surface area (Å²) in [4.78, 5) is 27.0. The van der Waals surface area contributed by atoms with Gasteiger partial charge in [0.25, 0.3) is 0 Å². The molecule has 1 unspecified atom stereocenters. The van der Waals surface area contributed by atoms with E-state index in [-0.39, 0.29) is 18.6 Å². The maximum absolute atomic E-state index is 12.3. The molecule has 2 rings (SSSR count). The van der Waals surface area contributed by atoms with Crippen molar-refractivity contribution in [1.82, 2.24) is 9.80 Å². The first kappa shape index (κ1) is 22.0. The van der Waals surface area contributed by atoms with Gasteiger partial charge < -0.3 is 19.5 Å². The van der Waals surface area contributed by atoms with Crippen LogP contribution in [0.5, 0.6) is 5.75 Å². The molecule has 1 fully saturated rings. The lowest BCUT2D eigenvalue weighted by atomic mass is 10.1. The molecular formula is C21H32N2O5. The normalized spacial score (nSPS) is 18.0. The highest BCUT2D eigenvalue weighted by atomic mass is 16.6. The SMILES string of the molecule is CC1CN(CCOc2ccc(CCC(=O)O)cc2)CCN1C(=O)OC(C)(C)C. The van der Waals surface area contributed by atoms with E-state index in [0.717, 1.165) is 30.9 Å². The minimum absolute atomic E-state index is 0.0946. The molecule has 1 amide bonds. The molecule has 1 N–H and O–H groups in total. The van der Waals surface area contributed by atoms with Crippen molar-refractivity contribution in [3.63, 3.8) is 0 Å². The van der Waals surface area contributed by atoms with Crippen molar-refractivity contribution >= 4 is 12.1 Å². The third kappa shape index (κ3) is 7.38. The fourth-order valence-electron chi connectivity index (χ4n) is 3.12. The van der Waals surface area contributed by atoms with Crippen molar-refractivity contribution in [1.29, 1.82) is 0 Å². The average molecular weight is 392 g/mol. The third-order valence-electron chi connectivity index (χ3n) is 4.57. The summed E-state index contributed by atoms with van der Waals surface area (Å²) in [7, 11) is 0. The van der Waals surface area contributed by atoms with Gasteiger partial charge in [0.2, 0.25) is 0 Å². The monoisotopic (exact) mass is 392 g/mol. The summed E-state index contributed by atoms with van der Waals surface area (Å²) in [5.74, 6) is -0.0131. The van der Waals surface area contributed by atoms with Crippen LogP contribution in [-0.2, 0) is 16.0 Å². The molecule has 7 heteroatoms. The molecule has 1 saturated heterocycles. The summed E-state index contributed by atoms with van der Waals surface area (Å²) in [5.41, 5.74) is 0.507. The van der Waals surface area contributed by atoms with Crippen LogP contribution in [0.4, 0.5) is 4.79 Å². The van der Waals surface area contributed by atoms with E-state index in [4.69, 9.17) is 14.6 Å². The number of carboxylic acid groups (broad SMARTS) is 1. The molecular weight excluding hydrogens is 360 g/mol. The molecule has 156 valence electrons. The predicted molar refractivity (Wildman–Crippen MR) is 107 cm³/mol. The smallest absolute Gasteiger partial charge is 0.410 e. The second kappa shape index (κ2) is 9.78. The van der Waals surface area contributed by atoms with Crippen LogP contribution in [0, 0.1) is 0 Å². The largest absolute Gasteiger partial charge is 0.492 e. The molecule has 0 saturated carbocycles. The standard InChI is InChI=1S/C21H32N2O5/c1-16-15-22(11-12-23(16)20(26)28-21(2,3)4)13-14-27-18-8-5-17(6-9-18)7-10-19(24)25/h5-6,8-9,16H,7,10-15H2,1-4H3,(H,24,25). The Bertz CT molecular complexity index is 654. The van der Waals surface area contributed by atoms with Gasteiger partial charge in [-0.1, -0.05) is 12.1 Å². The number of ether oxygens (including phenoxy) is 2. The zero-order valence-corrected chi connectivity index (χ0v) is 17.3. The molecule has 1 aromatic rings. The van der Waals surface area contributed by atoms with E-state index in [0.29, 0.717) is 19.6 Å². The summed E-state index contributed by atoms with van der Waals surface area (Å²) in [6, 6.07) is 7.65. The molecule has 0 aromatic heterocycles. The Kier molecular flexibility index (Phi) is 7.69. The second-order valence-corrected chi connectivity index (χ2v) is 8.21. The number of carbonyl (C=O) groups excluding carboxylic acids is 1. The van der Waals surface area contributed by atoms with E-state index in [1.54, 1.807) is 4.90 Å². The van der Waals surface area contributed by atoms with E-state index >= 15 is 0 Å². The van der Waals surface area contributed by atoms with Gasteiger partial charge in [-0.15, -0.1) is 0 Å². The van der Waals surface area contributed by atoms with Crippen molar-refractivity contribution in [2.45, 2.75) is 52.2 Å². The van der Waals surface area contributed by atoms with Crippen LogP contribution in [0.15, 0.2) is 24.3 Å². The van der Waals surface area contributed by atoms with Gasteiger partial charge in [-0.05, 0) is 51.8 Å². The zero-order valence-electron chi connectivity index (χ0n) is 17.3. The lowest BCUT2D eigenvalue weighted by Crippen LogP contribution is -2.55. The fraction of sp³-hybridized carbons (Fsp3) is 0.619. The number of nitrogens with zero attached hydrogens (tertiary/aromatic N) is 2. The molecule has 28 heavy (non-hydrogen) atoms. The first-order chi connectivity index (χ1) is 13.1. The van der Waals surface area contributed by atoms with Crippen LogP contribution in [0.2, 0.25) is 0 Å². The number of hydrogen-bond acceptors (Lipinski definition) is 5. The summed E-state index contributed by atoms with van der Waals surface area (Å²) in [5, 5.41) is 8.73. The minimum Gasteiger partial charge on any atom is -0.492 e. The predicted octanol–water partition coefficient (Wildman–Crippen LogP) is 3.02. The van der Waals surface area contributed by atoms with Crippen molar-refractivity contribution < 1.29 is 24.2 Å². The molecule has 0 radical (unpaired) electrons. The molecule has 1 heterocycles. The summed E-state index contributed by atoms with van der Waals surface area (Å²) in [6.45, 7) is 11.2. The van der Waals surface area contributed by atoms with Gasteiger partial charge >= 0.3 is 12.1 Å². The van der Waals surface area contributed by atoms with E-state index in [2.05, 4.69) is 4.90 Å². The number of carboxylic acids is 1. The van der Waals surface area contributed by atoms with Crippen LogP contribution in [0.3, 0.4) is 0 Å². The highest BCUT2D eigenvalue weighted by Gasteiger charge is 2.30. The average Bonchev–Trinajstić information content (AvgIpc) is 2.59. The van der Waals surface area contributed by atoms with Gasteiger partial charge in [-0.25, -0.2) is 4.79 Å². The van der Waals surface area contributed by atoms with Crippen molar-refractivity contribution in [3.8, 4) is 5.75 Å². The Morgan fingerprint density at radius 3 is 2.43 bits per heavy atom. The van der Waals surface area contributed by atoms with Crippen LogP contribution in [-0.4, -0.2) is 71.4 Å². The van der Waals surface area contributed by atoms with Crippen LogP contribution >= 0.6 is 0 Å². The van der Waals surface area contributed by atoms with Gasteiger partial charge in [0.1, 0.15) is 18.0 Å². The summed E-state index contributed by atoms with van der Waals surface area (Å²) in [6.07, 6.45) is 0.405. The van der Waals surface area contributed by atoms with Crippen LogP contribution in [0.1, 0.15) is 39.7 Å². The lowest BCUT2D eigenvalue weighted by molar-refractivity contribution is -0.136. The Morgan fingerprint density at radius 1 is 1.18 bits per heavy atom. The van der Waals surface area contributed by atoms with E-state index in [1.807, 2.05) is 52.0 Å². The molecule has 7 nitrogen and oxygen atoms in total. The molecule has 1 aliphatic rings. The number of hydrogen-bond donors (Lipinski definition) is 1. The number of aliphatic carboxylic acids is 1. The molecule has 0 spiro atoms. The number of benzene rings is 1. The van der Waals surface area contributed by atoms with Crippen molar-refractivity contribution in [2.24, 2.45) is 0 Å². The van der Waals surface area contributed by atoms with Gasteiger partial charge in [0.05, 0.1) is 0 Å². The Balaban J connectivity index is 1.72. The second-order valence-electron chi connectivity index (χ2n) is 8.21. The Morgan fingerprint density at radius 2 is 1.86 bits per heavy atom. The molecule has 1 aromatic carbocycles. The first-order valence-corrected chi connectivity index (χ1v) is 9.79. The molecule has 1 atom stereocenters. The lowest BCUT2D eigenvalue weighted by Gasteiger charge is -2.40. The topological polar surface area (TPSA) is 79.3 Å². The highest BCUT2D eigenvalue weighted by molar-refractivity contribution is 5.68. The van der Waals surface area contributed by atoms with E-state index < -0.39 is 11.6 Å². The number of aryl methyl sites for hydroxylation is 1. The van der Waals surface area contributed by atoms with Crippen LogP contribution in [0.25, 0.3) is 0 Å². The maximum Gasteiger partial charge on any atom is 0.410 e. The fourth-order valence-corrected chi connectivity index (χ4v) is 3.12. The number of rotatable bonds is 7. The van der Waals surface area contributed by atoms with Crippen molar-refractivity contribution in [3.05, 3.63) is 29.8 Å². The molecule has 0 bridgehead atoms. The number of amides is 1. The summed E-state index contributed by atoms with van der Waals surface area (Å²) >= 11 is 0. The number of carbonyl (C=O) groups is 2. The van der Waals surface area contributed by atoms with Gasteiger partial charge in [0.15, 0.2) is 0 Å². The van der Waals surface area contributed by atoms with Gasteiger partial charge in [-0.3, -0.25) is 9.69 Å². The summed E-state index contributed by atoms with van der Waals surface area (Å²) < 4.78 is 11.3. The first-order valence-electron chi connectivity index (χ1n) is 9.79.